The van der Waals surface area contributed by atoms with Crippen molar-refractivity contribution in [3.8, 4) is 11.1 Å². The number of carboxylic acids is 1. The number of primary amides is 1. The first-order valence-corrected chi connectivity index (χ1v) is 17.4. The number of hydrogen-bond acceptors (Lipinski definition) is 6. The molecule has 10 nitrogen and oxygen atoms in total. The van der Waals surface area contributed by atoms with Gasteiger partial charge in [-0.15, -0.1) is 0 Å². The van der Waals surface area contributed by atoms with Gasteiger partial charge in [-0.2, -0.15) is 23.4 Å². The molecular weight excluding hydrogens is 768 g/mol. The summed E-state index contributed by atoms with van der Waals surface area (Å²) in [6.45, 7) is 6.06. The number of hydrogen-bond donors (Lipinski definition) is 2. The van der Waals surface area contributed by atoms with E-state index in [0.29, 0.717) is 22.9 Å². The molecule has 57 heavy (non-hydrogen) atoms. The van der Waals surface area contributed by atoms with Crippen LogP contribution in [0.3, 0.4) is 0 Å². The van der Waals surface area contributed by atoms with Gasteiger partial charge in [-0.25, -0.2) is 22.0 Å². The van der Waals surface area contributed by atoms with Gasteiger partial charge in [-0.3, -0.25) is 28.7 Å². The van der Waals surface area contributed by atoms with Crippen molar-refractivity contribution in [3.63, 3.8) is 0 Å². The highest BCUT2D eigenvalue weighted by Crippen LogP contribution is 2.35. The fraction of sp³-hybridized carbons (Fsp3) is 0.333. The van der Waals surface area contributed by atoms with Crippen molar-refractivity contribution in [1.82, 2.24) is 24.5 Å². The van der Waals surface area contributed by atoms with Crippen LogP contribution in [0.5, 0.6) is 0 Å². The average molecular weight is 807 g/mol. The highest BCUT2D eigenvalue weighted by molar-refractivity contribution is 5.94. The number of pyridine rings is 1. The Morgan fingerprint density at radius 1 is 0.825 bits per heavy atom. The van der Waals surface area contributed by atoms with E-state index in [0.717, 1.165) is 33.6 Å². The molecule has 0 saturated carbocycles. The monoisotopic (exact) mass is 806 g/mol. The third-order valence-electron chi connectivity index (χ3n) is 8.60. The van der Waals surface area contributed by atoms with Crippen LogP contribution in [0.15, 0.2) is 66.9 Å². The summed E-state index contributed by atoms with van der Waals surface area (Å²) in [7, 11) is 0. The number of carboxylic acid groups (broad SMARTS) is 1. The van der Waals surface area contributed by atoms with Crippen molar-refractivity contribution in [1.29, 1.82) is 0 Å². The van der Waals surface area contributed by atoms with Gasteiger partial charge in [0, 0.05) is 41.6 Å². The number of nitrogens with zero attached hydrogens (tertiary/aromatic N) is 5. The van der Waals surface area contributed by atoms with Gasteiger partial charge in [0.25, 0.3) is 12.3 Å². The molecule has 0 aliphatic carbocycles. The minimum absolute atomic E-state index is 0.0376. The van der Waals surface area contributed by atoms with E-state index >= 15 is 0 Å². The summed E-state index contributed by atoms with van der Waals surface area (Å²) >= 11 is 0. The number of aromatic nitrogens is 5. The van der Waals surface area contributed by atoms with Crippen molar-refractivity contribution < 1.29 is 54.6 Å². The lowest BCUT2D eigenvalue weighted by Crippen LogP contribution is -2.19. The molecule has 0 spiro atoms. The Balaban J connectivity index is 0.000000403. The molecule has 3 N–H and O–H groups in total. The predicted octanol–water partition coefficient (Wildman–Crippen LogP) is 8.62. The van der Waals surface area contributed by atoms with Crippen molar-refractivity contribution >= 4 is 17.7 Å². The number of carbonyl (C=O) groups is 3. The normalized spacial score (nSPS) is 12.2. The lowest BCUT2D eigenvalue weighted by molar-refractivity contribution is -0.142. The van der Waals surface area contributed by atoms with E-state index in [4.69, 9.17) is 10.8 Å². The Labute approximate surface area is 321 Å². The molecule has 3 aromatic heterocycles. The summed E-state index contributed by atoms with van der Waals surface area (Å²) in [4.78, 5) is 40.0. The molecule has 0 aliphatic heterocycles. The van der Waals surface area contributed by atoms with Gasteiger partial charge in [-0.1, -0.05) is 39.8 Å². The molecule has 304 valence electrons. The highest BCUT2D eigenvalue weighted by Gasteiger charge is 2.35. The van der Waals surface area contributed by atoms with Gasteiger partial charge in [0.15, 0.2) is 11.5 Å². The summed E-state index contributed by atoms with van der Waals surface area (Å²) in [5.74, 6) is -6.34. The number of amides is 1. The van der Waals surface area contributed by atoms with Crippen LogP contribution < -0.4 is 5.73 Å². The first-order valence-electron chi connectivity index (χ1n) is 17.4. The molecule has 0 saturated heterocycles. The molecule has 1 atom stereocenters. The van der Waals surface area contributed by atoms with Crippen LogP contribution in [0, 0.1) is 17.5 Å². The minimum Gasteiger partial charge on any atom is -0.480 e. The van der Waals surface area contributed by atoms with Gasteiger partial charge < -0.3 is 10.8 Å². The largest absolute Gasteiger partial charge is 0.480 e. The van der Waals surface area contributed by atoms with Crippen LogP contribution in [0.25, 0.3) is 11.1 Å². The number of alkyl halides is 5. The number of carbonyl (C=O) groups excluding carboxylic acids is 2. The van der Waals surface area contributed by atoms with Crippen molar-refractivity contribution in [2.45, 2.75) is 84.0 Å². The van der Waals surface area contributed by atoms with Crippen LogP contribution in [-0.4, -0.2) is 47.3 Å². The Hall–Kier alpha value is -5.94. The molecule has 0 aliphatic rings. The van der Waals surface area contributed by atoms with Crippen molar-refractivity contribution in [2.75, 3.05) is 0 Å². The number of nitrogens with two attached hydrogens (primary N) is 1. The van der Waals surface area contributed by atoms with Crippen LogP contribution in [0.1, 0.15) is 103 Å². The van der Waals surface area contributed by atoms with E-state index < -0.39 is 65.9 Å². The summed E-state index contributed by atoms with van der Waals surface area (Å²) in [6.07, 6.45) is -6.30. The van der Waals surface area contributed by atoms with Gasteiger partial charge >= 0.3 is 12.1 Å². The maximum Gasteiger partial charge on any atom is 0.435 e. The van der Waals surface area contributed by atoms with E-state index in [1.165, 1.54) is 24.4 Å². The third kappa shape index (κ3) is 11.5. The fourth-order valence-electron chi connectivity index (χ4n) is 6.09. The second-order valence-corrected chi connectivity index (χ2v) is 13.7. The van der Waals surface area contributed by atoms with E-state index in [2.05, 4.69) is 15.2 Å². The number of benzene rings is 2. The first-order chi connectivity index (χ1) is 26.6. The van der Waals surface area contributed by atoms with Gasteiger partial charge in [-0.05, 0) is 71.8 Å². The maximum atomic E-state index is 14.2. The third-order valence-corrected chi connectivity index (χ3v) is 8.60. The van der Waals surface area contributed by atoms with E-state index in [9.17, 15) is 49.5 Å². The molecule has 1 amide bonds. The van der Waals surface area contributed by atoms with Crippen LogP contribution in [0.2, 0.25) is 0 Å². The number of rotatable bonds is 14. The lowest BCUT2D eigenvalue weighted by atomic mass is 9.86. The summed E-state index contributed by atoms with van der Waals surface area (Å²) in [5.41, 5.74) is 5.39. The summed E-state index contributed by atoms with van der Waals surface area (Å²) in [6, 6.07) is 11.9. The first kappa shape index (κ1) is 43.8. The number of halogens is 8. The number of Topliss-reactive ketones (excluding diaryl/α,β-unsaturated/α-hetero) is 1. The molecule has 0 fully saturated rings. The minimum atomic E-state index is -4.70. The van der Waals surface area contributed by atoms with Crippen molar-refractivity contribution in [3.05, 3.63) is 124 Å². The molecule has 5 aromatic rings. The predicted molar refractivity (Wildman–Crippen MR) is 191 cm³/mol. The molecular formula is C39H38F8N6O4. The number of ketones is 1. The number of aliphatic carboxylic acids is 1. The van der Waals surface area contributed by atoms with E-state index in [1.807, 2.05) is 0 Å². The summed E-state index contributed by atoms with van der Waals surface area (Å²) < 4.78 is 109. The van der Waals surface area contributed by atoms with Gasteiger partial charge in [0.2, 0.25) is 0 Å². The van der Waals surface area contributed by atoms with Crippen LogP contribution in [0.4, 0.5) is 35.1 Å². The average Bonchev–Trinajstić information content (AvgIpc) is 3.73. The zero-order valence-electron chi connectivity index (χ0n) is 31.0. The molecule has 18 heteroatoms. The molecule has 5 rings (SSSR count). The standard InChI is InChI=1S/C30H26F6N4O2.C9H12F2N2O2/c1-16(2)26-14-27(30(34,35)36)39-40(26)15-22(41)11-19(8-17-9-20(31)13-21(32)10-17)28-23(4-3-7-38-28)18-5-6-25(33)24(12-18)29(37)42;1-5(2)7-3-6(9(10)11)12-13(7)4-8(14)15/h3-7,9-10,12-14,16,19H,8,11,15H2,1-2H3,(H2,37,42);3,5,9H,4H2,1-2H3,(H,14,15)/t19-;/m1./s1. The van der Waals surface area contributed by atoms with E-state index in [-0.39, 0.29) is 59.4 Å². The molecule has 0 radical (unpaired) electrons. The zero-order chi connectivity index (χ0) is 42.4. The molecule has 2 aromatic carbocycles. The van der Waals surface area contributed by atoms with Crippen LogP contribution >= 0.6 is 0 Å². The van der Waals surface area contributed by atoms with Crippen LogP contribution in [-0.2, 0) is 35.3 Å². The Morgan fingerprint density at radius 2 is 1.44 bits per heavy atom. The Morgan fingerprint density at radius 3 is 2.00 bits per heavy atom. The zero-order valence-corrected chi connectivity index (χ0v) is 31.0. The topological polar surface area (TPSA) is 146 Å². The maximum absolute atomic E-state index is 14.2. The fourth-order valence-corrected chi connectivity index (χ4v) is 6.09. The van der Waals surface area contributed by atoms with Gasteiger partial charge in [0.1, 0.15) is 29.7 Å². The quantitative estimate of drug-likeness (QED) is 0.107. The molecule has 0 unspecified atom stereocenters. The Bertz CT molecular complexity index is 2210. The van der Waals surface area contributed by atoms with Gasteiger partial charge in [0.05, 0.1) is 17.8 Å². The second kappa shape index (κ2) is 18.3. The van der Waals surface area contributed by atoms with E-state index in [1.54, 1.807) is 39.8 Å². The smallest absolute Gasteiger partial charge is 0.435 e. The summed E-state index contributed by atoms with van der Waals surface area (Å²) in [5, 5.41) is 15.7. The molecule has 3 heterocycles. The second-order valence-electron chi connectivity index (χ2n) is 13.7. The lowest BCUT2D eigenvalue weighted by Gasteiger charge is -2.20. The molecule has 0 bridgehead atoms. The van der Waals surface area contributed by atoms with Crippen molar-refractivity contribution in [2.24, 2.45) is 5.73 Å². The highest BCUT2D eigenvalue weighted by atomic mass is 19.4. The Kier molecular flexibility index (Phi) is 14.1. The SMILES string of the molecule is CC(C)c1cc(C(F)(F)F)nn1CC(=O)C[C@@H](Cc1cc(F)cc(F)c1)c1ncccc1-c1ccc(F)c(C(N)=O)c1.CC(C)c1cc(C(F)F)nn1CC(=O)O.